The molecule has 7 heteroatoms. The molecule has 94 valence electrons. The Balaban J connectivity index is 2.29. The van der Waals surface area contributed by atoms with Gasteiger partial charge in [0.25, 0.3) is 0 Å². The zero-order valence-electron chi connectivity index (χ0n) is 9.72. The Morgan fingerprint density at radius 1 is 1.76 bits per heavy atom. The second-order valence-corrected chi connectivity index (χ2v) is 4.54. The van der Waals surface area contributed by atoms with Gasteiger partial charge in [0.1, 0.15) is 5.69 Å². The molecule has 0 aromatic carbocycles. The van der Waals surface area contributed by atoms with Gasteiger partial charge in [-0.15, -0.1) is 0 Å². The van der Waals surface area contributed by atoms with E-state index in [2.05, 4.69) is 5.10 Å². The Morgan fingerprint density at radius 3 is 2.82 bits per heavy atom. The van der Waals surface area contributed by atoms with Crippen molar-refractivity contribution in [2.24, 2.45) is 0 Å². The number of halogens is 1. The summed E-state index contributed by atoms with van der Waals surface area (Å²) < 4.78 is 6.83. The predicted octanol–water partition coefficient (Wildman–Crippen LogP) is 2.49. The van der Waals surface area contributed by atoms with Gasteiger partial charge in [0.2, 0.25) is 5.15 Å². The minimum atomic E-state index is -0.485. The number of rotatable bonds is 5. The SMILES string of the molecule is CCC(CC1CO1)n1nc(Cl)c([N+](=O)[O-])c1C. The summed E-state index contributed by atoms with van der Waals surface area (Å²) >= 11 is 5.79. The first kappa shape index (κ1) is 12.3. The lowest BCUT2D eigenvalue weighted by molar-refractivity contribution is -0.385. The first-order chi connectivity index (χ1) is 8.04. The van der Waals surface area contributed by atoms with E-state index in [1.165, 1.54) is 0 Å². The van der Waals surface area contributed by atoms with Gasteiger partial charge in [-0.1, -0.05) is 18.5 Å². The lowest BCUT2D eigenvalue weighted by Gasteiger charge is -2.15. The summed E-state index contributed by atoms with van der Waals surface area (Å²) in [6.45, 7) is 4.47. The number of nitro groups is 1. The zero-order valence-corrected chi connectivity index (χ0v) is 10.5. The zero-order chi connectivity index (χ0) is 12.6. The van der Waals surface area contributed by atoms with Crippen LogP contribution < -0.4 is 0 Å². The van der Waals surface area contributed by atoms with E-state index in [-0.39, 0.29) is 23.0 Å². The fourth-order valence-electron chi connectivity index (χ4n) is 1.98. The molecule has 1 aliphatic heterocycles. The second-order valence-electron chi connectivity index (χ2n) is 4.18. The van der Waals surface area contributed by atoms with Crippen LogP contribution in [0.4, 0.5) is 5.69 Å². The van der Waals surface area contributed by atoms with Gasteiger partial charge in [0, 0.05) is 0 Å². The largest absolute Gasteiger partial charge is 0.373 e. The highest BCUT2D eigenvalue weighted by Crippen LogP contribution is 2.33. The fourth-order valence-corrected chi connectivity index (χ4v) is 2.27. The Bertz CT molecular complexity index is 442. The van der Waals surface area contributed by atoms with E-state index in [0.717, 1.165) is 19.4 Å². The summed E-state index contributed by atoms with van der Waals surface area (Å²) in [6, 6.07) is 0.105. The van der Waals surface area contributed by atoms with E-state index < -0.39 is 4.92 Å². The van der Waals surface area contributed by atoms with Gasteiger partial charge in [0.15, 0.2) is 0 Å². The molecule has 2 atom stereocenters. The van der Waals surface area contributed by atoms with E-state index in [4.69, 9.17) is 16.3 Å². The van der Waals surface area contributed by atoms with Crippen molar-refractivity contribution in [3.8, 4) is 0 Å². The van der Waals surface area contributed by atoms with Gasteiger partial charge in [-0.25, -0.2) is 0 Å². The van der Waals surface area contributed by atoms with E-state index in [9.17, 15) is 10.1 Å². The summed E-state index contributed by atoms with van der Waals surface area (Å²) in [5.74, 6) is 0. The molecule has 0 amide bonds. The van der Waals surface area contributed by atoms with Crippen LogP contribution in [0.2, 0.25) is 5.15 Å². The molecule has 1 aromatic heterocycles. The third-order valence-electron chi connectivity index (χ3n) is 3.01. The minimum Gasteiger partial charge on any atom is -0.373 e. The Labute approximate surface area is 104 Å². The van der Waals surface area contributed by atoms with Crippen LogP contribution in [0.3, 0.4) is 0 Å². The standard InChI is InChI=1S/C10H14ClN3O3/c1-3-7(4-8-5-17-8)13-6(2)9(14(15)16)10(11)12-13/h7-8H,3-5H2,1-2H3. The fraction of sp³-hybridized carbons (Fsp3) is 0.700. The molecule has 0 saturated carbocycles. The lowest BCUT2D eigenvalue weighted by Crippen LogP contribution is -2.14. The van der Waals surface area contributed by atoms with Gasteiger partial charge >= 0.3 is 5.69 Å². The van der Waals surface area contributed by atoms with Gasteiger partial charge in [0.05, 0.1) is 23.7 Å². The molecule has 2 unspecified atom stereocenters. The average Bonchev–Trinajstić information content (AvgIpc) is 3.01. The number of nitrogens with zero attached hydrogens (tertiary/aromatic N) is 3. The lowest BCUT2D eigenvalue weighted by atomic mass is 10.1. The van der Waals surface area contributed by atoms with Crippen LogP contribution in [-0.4, -0.2) is 27.4 Å². The Kier molecular flexibility index (Phi) is 3.35. The molecular formula is C10H14ClN3O3. The van der Waals surface area contributed by atoms with Crippen LogP contribution in [-0.2, 0) is 4.74 Å². The molecule has 1 aromatic rings. The van der Waals surface area contributed by atoms with Crippen LogP contribution >= 0.6 is 11.6 Å². The first-order valence-electron chi connectivity index (χ1n) is 5.55. The molecule has 1 fully saturated rings. The summed E-state index contributed by atoms with van der Waals surface area (Å²) in [6.07, 6.45) is 1.93. The second kappa shape index (κ2) is 4.62. The molecule has 2 rings (SSSR count). The molecule has 0 N–H and O–H groups in total. The molecule has 0 spiro atoms. The molecule has 1 aliphatic rings. The third-order valence-corrected chi connectivity index (χ3v) is 3.27. The number of hydrogen-bond acceptors (Lipinski definition) is 4. The van der Waals surface area contributed by atoms with E-state index in [0.29, 0.717) is 5.69 Å². The summed E-state index contributed by atoms with van der Waals surface area (Å²) in [7, 11) is 0. The quantitative estimate of drug-likeness (QED) is 0.463. The van der Waals surface area contributed by atoms with Crippen LogP contribution in [0, 0.1) is 17.0 Å². The maximum Gasteiger partial charge on any atom is 0.328 e. The molecule has 6 nitrogen and oxygen atoms in total. The summed E-state index contributed by atoms with van der Waals surface area (Å²) in [5, 5.41) is 14.9. The van der Waals surface area contributed by atoms with Crippen molar-refractivity contribution in [1.82, 2.24) is 9.78 Å². The molecule has 0 bridgehead atoms. The number of aromatic nitrogens is 2. The van der Waals surface area contributed by atoms with Crippen LogP contribution in [0.5, 0.6) is 0 Å². The smallest absolute Gasteiger partial charge is 0.328 e. The molecule has 0 radical (unpaired) electrons. The molecular weight excluding hydrogens is 246 g/mol. The average molecular weight is 260 g/mol. The van der Waals surface area contributed by atoms with Crippen molar-refractivity contribution in [3.05, 3.63) is 21.0 Å². The molecule has 1 saturated heterocycles. The Morgan fingerprint density at radius 2 is 2.41 bits per heavy atom. The maximum atomic E-state index is 10.8. The van der Waals surface area contributed by atoms with Crippen LogP contribution in [0.1, 0.15) is 31.5 Å². The van der Waals surface area contributed by atoms with E-state index >= 15 is 0 Å². The van der Waals surface area contributed by atoms with Crippen molar-refractivity contribution in [3.63, 3.8) is 0 Å². The van der Waals surface area contributed by atoms with Crippen LogP contribution in [0.25, 0.3) is 0 Å². The third kappa shape index (κ3) is 2.42. The van der Waals surface area contributed by atoms with Gasteiger partial charge in [-0.2, -0.15) is 5.10 Å². The summed E-state index contributed by atoms with van der Waals surface area (Å²) in [5.41, 5.74) is 0.411. The van der Waals surface area contributed by atoms with Crippen LogP contribution in [0.15, 0.2) is 0 Å². The first-order valence-corrected chi connectivity index (χ1v) is 5.93. The Hall–Kier alpha value is -1.14. The number of hydrogen-bond donors (Lipinski definition) is 0. The topological polar surface area (TPSA) is 73.5 Å². The van der Waals surface area contributed by atoms with Gasteiger partial charge in [-0.3, -0.25) is 14.8 Å². The summed E-state index contributed by atoms with van der Waals surface area (Å²) in [4.78, 5) is 10.4. The number of epoxide rings is 1. The van der Waals surface area contributed by atoms with Crippen molar-refractivity contribution in [1.29, 1.82) is 0 Å². The highest BCUT2D eigenvalue weighted by Gasteiger charge is 2.31. The van der Waals surface area contributed by atoms with Gasteiger partial charge in [-0.05, 0) is 19.8 Å². The minimum absolute atomic E-state index is 0.0392. The van der Waals surface area contributed by atoms with Crippen molar-refractivity contribution in [2.75, 3.05) is 6.61 Å². The normalized spacial score (nSPS) is 20.3. The van der Waals surface area contributed by atoms with Gasteiger partial charge < -0.3 is 4.74 Å². The molecule has 17 heavy (non-hydrogen) atoms. The van der Waals surface area contributed by atoms with Crippen molar-refractivity contribution >= 4 is 17.3 Å². The molecule has 0 aliphatic carbocycles. The van der Waals surface area contributed by atoms with Crippen molar-refractivity contribution in [2.45, 2.75) is 38.8 Å². The highest BCUT2D eigenvalue weighted by molar-refractivity contribution is 6.31. The van der Waals surface area contributed by atoms with E-state index in [1.54, 1.807) is 11.6 Å². The monoisotopic (exact) mass is 259 g/mol. The number of ether oxygens (including phenoxy) is 1. The maximum absolute atomic E-state index is 10.8. The molecule has 2 heterocycles. The van der Waals surface area contributed by atoms with E-state index in [1.807, 2.05) is 6.92 Å². The predicted molar refractivity (Wildman–Crippen MR) is 62.3 cm³/mol. The van der Waals surface area contributed by atoms with Crippen molar-refractivity contribution < 1.29 is 9.66 Å². The highest BCUT2D eigenvalue weighted by atomic mass is 35.5.